The molecule has 3 heterocycles. The van der Waals surface area contributed by atoms with Crippen molar-refractivity contribution in [1.82, 2.24) is 24.8 Å². The van der Waals surface area contributed by atoms with Crippen LogP contribution in [0.4, 0.5) is 17.7 Å². The Labute approximate surface area is 148 Å². The van der Waals surface area contributed by atoms with Crippen LogP contribution < -0.4 is 16.0 Å². The third-order valence-corrected chi connectivity index (χ3v) is 4.51. The molecule has 3 rings (SSSR count). The van der Waals surface area contributed by atoms with Crippen molar-refractivity contribution in [2.75, 3.05) is 55.2 Å². The summed E-state index contributed by atoms with van der Waals surface area (Å²) in [4.78, 5) is 21.9. The van der Waals surface area contributed by atoms with Crippen molar-refractivity contribution in [2.45, 2.75) is 20.3 Å². The summed E-state index contributed by atoms with van der Waals surface area (Å²) in [6.07, 6.45) is 4.48. The lowest BCUT2D eigenvalue weighted by Gasteiger charge is -2.34. The molecule has 2 aromatic rings. The van der Waals surface area contributed by atoms with Crippen LogP contribution in [-0.2, 0) is 6.42 Å². The predicted octanol–water partition coefficient (Wildman–Crippen LogP) is 0.954. The highest BCUT2D eigenvalue weighted by Crippen LogP contribution is 2.17. The molecule has 0 unspecified atom stereocenters. The van der Waals surface area contributed by atoms with Gasteiger partial charge in [-0.1, -0.05) is 6.92 Å². The Hall–Kier alpha value is -2.48. The summed E-state index contributed by atoms with van der Waals surface area (Å²) in [6, 6.07) is 1.84. The summed E-state index contributed by atoms with van der Waals surface area (Å²) in [7, 11) is 0. The average Bonchev–Trinajstić information content (AvgIpc) is 2.63. The number of hydrogen-bond acceptors (Lipinski definition) is 8. The molecule has 0 aromatic carbocycles. The summed E-state index contributed by atoms with van der Waals surface area (Å²) in [5.41, 5.74) is 7.87. The van der Waals surface area contributed by atoms with Gasteiger partial charge in [0.15, 0.2) is 0 Å². The number of hydrogen-bond donors (Lipinski definition) is 2. The van der Waals surface area contributed by atoms with Crippen molar-refractivity contribution in [2.24, 2.45) is 0 Å². The molecular formula is C17H26N8. The Morgan fingerprint density at radius 3 is 2.52 bits per heavy atom. The molecule has 0 aliphatic carbocycles. The first-order chi connectivity index (χ1) is 12.2. The minimum atomic E-state index is 0.327. The fraction of sp³-hybridized carbons (Fsp3) is 0.529. The molecule has 0 amide bonds. The lowest BCUT2D eigenvalue weighted by Crippen LogP contribution is -2.48. The summed E-state index contributed by atoms with van der Waals surface area (Å²) < 4.78 is 0. The van der Waals surface area contributed by atoms with E-state index in [2.05, 4.69) is 42.0 Å². The number of anilines is 3. The summed E-state index contributed by atoms with van der Waals surface area (Å²) in [5.74, 6) is 2.01. The van der Waals surface area contributed by atoms with Crippen molar-refractivity contribution in [3.05, 3.63) is 29.7 Å². The topological polar surface area (TPSA) is 96.1 Å². The van der Waals surface area contributed by atoms with Gasteiger partial charge in [0.05, 0.1) is 0 Å². The molecular weight excluding hydrogens is 316 g/mol. The van der Waals surface area contributed by atoms with Crippen LogP contribution in [0.15, 0.2) is 18.5 Å². The first kappa shape index (κ1) is 17.3. The quantitative estimate of drug-likeness (QED) is 0.801. The van der Waals surface area contributed by atoms with Crippen LogP contribution in [0.2, 0.25) is 0 Å². The minimum Gasteiger partial charge on any atom is -0.368 e. The van der Waals surface area contributed by atoms with E-state index in [1.807, 2.05) is 13.0 Å². The molecule has 8 nitrogen and oxygen atoms in total. The first-order valence-electron chi connectivity index (χ1n) is 8.78. The number of aryl methyl sites for hydroxylation is 1. The normalized spacial score (nSPS) is 15.4. The van der Waals surface area contributed by atoms with E-state index in [0.29, 0.717) is 5.95 Å². The van der Waals surface area contributed by atoms with Gasteiger partial charge in [-0.2, -0.15) is 4.98 Å². The fourth-order valence-electron chi connectivity index (χ4n) is 3.15. The van der Waals surface area contributed by atoms with E-state index < -0.39 is 0 Å². The van der Waals surface area contributed by atoms with Gasteiger partial charge in [0.1, 0.15) is 5.82 Å². The smallest absolute Gasteiger partial charge is 0.225 e. The highest BCUT2D eigenvalue weighted by atomic mass is 15.3. The maximum absolute atomic E-state index is 5.78. The zero-order chi connectivity index (χ0) is 17.6. The largest absolute Gasteiger partial charge is 0.368 e. The summed E-state index contributed by atoms with van der Waals surface area (Å²) in [6.45, 7) is 9.80. The molecule has 8 heteroatoms. The molecule has 3 N–H and O–H groups in total. The Balaban J connectivity index is 1.48. The minimum absolute atomic E-state index is 0.327. The number of piperazine rings is 1. The summed E-state index contributed by atoms with van der Waals surface area (Å²) in [5, 5.41) is 3.42. The van der Waals surface area contributed by atoms with Crippen molar-refractivity contribution in [3.63, 3.8) is 0 Å². The van der Waals surface area contributed by atoms with Gasteiger partial charge in [0.2, 0.25) is 11.9 Å². The molecule has 0 bridgehead atoms. The van der Waals surface area contributed by atoms with Crippen molar-refractivity contribution in [1.29, 1.82) is 0 Å². The van der Waals surface area contributed by atoms with Crippen LogP contribution in [0, 0.1) is 6.92 Å². The van der Waals surface area contributed by atoms with Crippen LogP contribution in [0.1, 0.15) is 18.2 Å². The van der Waals surface area contributed by atoms with E-state index in [1.54, 1.807) is 12.4 Å². The molecule has 1 aliphatic heterocycles. The van der Waals surface area contributed by atoms with Crippen LogP contribution in [0.5, 0.6) is 0 Å². The van der Waals surface area contributed by atoms with Gasteiger partial charge in [-0.25, -0.2) is 15.0 Å². The molecule has 0 spiro atoms. The monoisotopic (exact) mass is 342 g/mol. The molecule has 25 heavy (non-hydrogen) atoms. The average molecular weight is 342 g/mol. The number of aromatic nitrogens is 4. The van der Waals surface area contributed by atoms with Gasteiger partial charge in [-0.3, -0.25) is 4.90 Å². The molecule has 1 saturated heterocycles. The highest BCUT2D eigenvalue weighted by molar-refractivity contribution is 5.49. The standard InChI is InChI=1S/C17H26N8/c1-3-14-13(2)22-16(18)23-15(14)19-7-8-24-9-11-25(12-10-24)17-20-5-4-6-21-17/h4-6H,3,7-12H2,1-2H3,(H3,18,19,22,23). The number of nitrogens with two attached hydrogens (primary N) is 1. The Kier molecular flexibility index (Phi) is 5.60. The maximum Gasteiger partial charge on any atom is 0.225 e. The number of nitrogen functional groups attached to an aromatic ring is 1. The van der Waals surface area contributed by atoms with E-state index in [9.17, 15) is 0 Å². The van der Waals surface area contributed by atoms with Crippen molar-refractivity contribution in [3.8, 4) is 0 Å². The zero-order valence-corrected chi connectivity index (χ0v) is 14.9. The molecule has 0 radical (unpaired) electrons. The van der Waals surface area contributed by atoms with Gasteiger partial charge in [0.25, 0.3) is 0 Å². The van der Waals surface area contributed by atoms with Gasteiger partial charge < -0.3 is 16.0 Å². The summed E-state index contributed by atoms with van der Waals surface area (Å²) >= 11 is 0. The van der Waals surface area contributed by atoms with Crippen LogP contribution in [0.3, 0.4) is 0 Å². The van der Waals surface area contributed by atoms with Gasteiger partial charge in [0, 0.05) is 62.9 Å². The Morgan fingerprint density at radius 1 is 1.12 bits per heavy atom. The van der Waals surface area contributed by atoms with E-state index in [4.69, 9.17) is 5.73 Å². The third-order valence-electron chi connectivity index (χ3n) is 4.51. The van der Waals surface area contributed by atoms with Gasteiger partial charge in [-0.15, -0.1) is 0 Å². The molecule has 2 aromatic heterocycles. The Bertz CT molecular complexity index is 683. The fourth-order valence-corrected chi connectivity index (χ4v) is 3.15. The molecule has 1 aliphatic rings. The number of nitrogens with one attached hydrogen (secondary N) is 1. The molecule has 1 fully saturated rings. The second-order valence-corrected chi connectivity index (χ2v) is 6.15. The lowest BCUT2D eigenvalue weighted by molar-refractivity contribution is 0.266. The predicted molar refractivity (Wildman–Crippen MR) is 99.7 cm³/mol. The second-order valence-electron chi connectivity index (χ2n) is 6.15. The van der Waals surface area contributed by atoms with E-state index in [1.165, 1.54) is 0 Å². The lowest BCUT2D eigenvalue weighted by atomic mass is 10.1. The number of rotatable bonds is 6. The van der Waals surface area contributed by atoms with E-state index in [-0.39, 0.29) is 0 Å². The van der Waals surface area contributed by atoms with Gasteiger partial charge >= 0.3 is 0 Å². The Morgan fingerprint density at radius 2 is 1.84 bits per heavy atom. The molecule has 0 saturated carbocycles. The van der Waals surface area contributed by atoms with Gasteiger partial charge in [-0.05, 0) is 19.4 Å². The van der Waals surface area contributed by atoms with Crippen molar-refractivity contribution < 1.29 is 0 Å². The zero-order valence-electron chi connectivity index (χ0n) is 14.9. The highest BCUT2D eigenvalue weighted by Gasteiger charge is 2.18. The second kappa shape index (κ2) is 8.06. The molecule has 0 atom stereocenters. The van der Waals surface area contributed by atoms with Crippen LogP contribution in [0.25, 0.3) is 0 Å². The first-order valence-corrected chi connectivity index (χ1v) is 8.78. The van der Waals surface area contributed by atoms with Crippen molar-refractivity contribution >= 4 is 17.7 Å². The van der Waals surface area contributed by atoms with Crippen LogP contribution in [-0.4, -0.2) is 64.1 Å². The van der Waals surface area contributed by atoms with Crippen LogP contribution >= 0.6 is 0 Å². The third kappa shape index (κ3) is 4.33. The SMILES string of the molecule is CCc1c(C)nc(N)nc1NCCN1CCN(c2ncccn2)CC1. The maximum atomic E-state index is 5.78. The number of nitrogens with zero attached hydrogens (tertiary/aromatic N) is 6. The van der Waals surface area contributed by atoms with E-state index >= 15 is 0 Å². The molecule has 134 valence electrons. The van der Waals surface area contributed by atoms with E-state index in [0.717, 1.165) is 68.7 Å².